The first-order chi connectivity index (χ1) is 14.9. The van der Waals surface area contributed by atoms with Crippen LogP contribution in [0.4, 0.5) is 4.39 Å². The van der Waals surface area contributed by atoms with E-state index in [9.17, 15) is 14.0 Å². The number of hydrogen-bond donors (Lipinski definition) is 1. The molecule has 0 saturated carbocycles. The van der Waals surface area contributed by atoms with Crippen LogP contribution < -0.4 is 0 Å². The molecule has 0 fully saturated rings. The number of halogens is 1. The number of nitrogens with one attached hydrogen (secondary N) is 1. The molecule has 156 valence electrons. The molecule has 6 nitrogen and oxygen atoms in total. The number of carbonyl (C=O) groups excluding carboxylic acids is 2. The average molecular weight is 417 g/mol. The highest BCUT2D eigenvalue weighted by Gasteiger charge is 2.14. The molecule has 0 saturated heterocycles. The summed E-state index contributed by atoms with van der Waals surface area (Å²) < 4.78 is 20.0. The van der Waals surface area contributed by atoms with Crippen molar-refractivity contribution in [2.45, 2.75) is 13.8 Å². The van der Waals surface area contributed by atoms with Gasteiger partial charge in [0, 0.05) is 40.0 Å². The molecule has 4 aromatic rings. The Morgan fingerprint density at radius 2 is 1.87 bits per heavy atom. The van der Waals surface area contributed by atoms with Crippen LogP contribution in [0, 0.1) is 19.7 Å². The summed E-state index contributed by atoms with van der Waals surface area (Å²) in [5, 5.41) is 5.25. The molecular weight excluding hydrogens is 397 g/mol. The molecular formula is C24H20FN3O3. The molecule has 31 heavy (non-hydrogen) atoms. The first-order valence-electron chi connectivity index (χ1n) is 9.70. The van der Waals surface area contributed by atoms with Crippen LogP contribution in [0.1, 0.15) is 27.3 Å². The Morgan fingerprint density at radius 3 is 2.65 bits per heavy atom. The van der Waals surface area contributed by atoms with E-state index in [4.69, 9.17) is 4.74 Å². The van der Waals surface area contributed by atoms with E-state index in [1.165, 1.54) is 18.2 Å². The lowest BCUT2D eigenvalue weighted by Crippen LogP contribution is -2.12. The maximum Gasteiger partial charge on any atom is 0.331 e. The van der Waals surface area contributed by atoms with E-state index < -0.39 is 5.97 Å². The Balaban J connectivity index is 1.43. The SMILES string of the molecule is Cc1nn(-c2ccc(F)cc2)c(C)c1/C=C\C(=O)OCC(=O)c1c[nH]c2ccccc12. The number of benzene rings is 2. The number of fused-ring (bicyclic) bond motifs is 1. The van der Waals surface area contributed by atoms with Crippen LogP contribution in [0.3, 0.4) is 0 Å². The third-order valence-corrected chi connectivity index (χ3v) is 5.04. The largest absolute Gasteiger partial charge is 0.454 e. The fraction of sp³-hybridized carbons (Fsp3) is 0.125. The lowest BCUT2D eigenvalue weighted by molar-refractivity contribution is -0.136. The maximum atomic E-state index is 13.2. The van der Waals surface area contributed by atoms with Gasteiger partial charge in [-0.1, -0.05) is 18.2 Å². The number of esters is 1. The number of ketones is 1. The predicted octanol–water partition coefficient (Wildman–Crippen LogP) is 4.55. The van der Waals surface area contributed by atoms with Crippen molar-refractivity contribution in [2.24, 2.45) is 0 Å². The normalized spacial score (nSPS) is 11.3. The highest BCUT2D eigenvalue weighted by atomic mass is 19.1. The van der Waals surface area contributed by atoms with Crippen molar-refractivity contribution >= 4 is 28.7 Å². The van der Waals surface area contributed by atoms with Gasteiger partial charge in [0.1, 0.15) is 5.82 Å². The zero-order chi connectivity index (χ0) is 22.0. The number of Topliss-reactive ketones (excluding diaryl/α,β-unsaturated/α-hetero) is 1. The summed E-state index contributed by atoms with van der Waals surface area (Å²) in [4.78, 5) is 27.6. The highest BCUT2D eigenvalue weighted by molar-refractivity contribution is 6.09. The van der Waals surface area contributed by atoms with Gasteiger partial charge in [0.2, 0.25) is 5.78 Å². The van der Waals surface area contributed by atoms with Gasteiger partial charge in [-0.05, 0) is 50.3 Å². The third-order valence-electron chi connectivity index (χ3n) is 5.04. The van der Waals surface area contributed by atoms with E-state index in [-0.39, 0.29) is 18.2 Å². The quantitative estimate of drug-likeness (QED) is 0.284. The van der Waals surface area contributed by atoms with Gasteiger partial charge in [-0.3, -0.25) is 4.79 Å². The number of H-pyrrole nitrogens is 1. The molecule has 0 unspecified atom stereocenters. The van der Waals surface area contributed by atoms with Gasteiger partial charge >= 0.3 is 5.97 Å². The molecule has 0 amide bonds. The number of rotatable bonds is 6. The lowest BCUT2D eigenvalue weighted by Gasteiger charge is -2.04. The van der Waals surface area contributed by atoms with Crippen LogP contribution in [0.25, 0.3) is 22.7 Å². The van der Waals surface area contributed by atoms with Crippen molar-refractivity contribution in [3.8, 4) is 5.69 Å². The van der Waals surface area contributed by atoms with Crippen LogP contribution >= 0.6 is 0 Å². The molecule has 0 aliphatic rings. The Bertz CT molecular complexity index is 1300. The standard InChI is InChI=1S/C24H20FN3O3/c1-15-19(16(2)28(27-15)18-9-7-17(25)8-10-18)11-12-24(30)31-14-23(29)21-13-26-22-6-4-3-5-20(21)22/h3-13,26H,14H2,1-2H3/b12-11-. The summed E-state index contributed by atoms with van der Waals surface area (Å²) in [6.45, 7) is 3.32. The van der Waals surface area contributed by atoms with Crippen molar-refractivity contribution in [1.82, 2.24) is 14.8 Å². The van der Waals surface area contributed by atoms with Gasteiger partial charge in [-0.2, -0.15) is 5.10 Å². The zero-order valence-corrected chi connectivity index (χ0v) is 17.1. The number of ether oxygens (including phenoxy) is 1. The molecule has 2 aromatic heterocycles. The monoisotopic (exact) mass is 417 g/mol. The second kappa shape index (κ2) is 8.39. The molecule has 1 N–H and O–H groups in total. The number of nitrogens with zero attached hydrogens (tertiary/aromatic N) is 2. The van der Waals surface area contributed by atoms with Crippen molar-refractivity contribution < 1.29 is 18.7 Å². The van der Waals surface area contributed by atoms with Crippen molar-refractivity contribution in [2.75, 3.05) is 6.61 Å². The molecule has 7 heteroatoms. The Kier molecular flexibility index (Phi) is 5.49. The van der Waals surface area contributed by atoms with Crippen molar-refractivity contribution in [3.63, 3.8) is 0 Å². The Hall–Kier alpha value is -4.00. The van der Waals surface area contributed by atoms with E-state index >= 15 is 0 Å². The van der Waals surface area contributed by atoms with Gasteiger partial charge in [0.15, 0.2) is 6.61 Å². The smallest absolute Gasteiger partial charge is 0.331 e. The number of aromatic nitrogens is 3. The summed E-state index contributed by atoms with van der Waals surface area (Å²) in [5.41, 5.74) is 4.31. The minimum Gasteiger partial charge on any atom is -0.454 e. The summed E-state index contributed by atoms with van der Waals surface area (Å²) in [7, 11) is 0. The molecule has 0 aliphatic carbocycles. The van der Waals surface area contributed by atoms with Gasteiger partial charge < -0.3 is 9.72 Å². The van der Waals surface area contributed by atoms with E-state index in [1.807, 2.05) is 38.1 Å². The van der Waals surface area contributed by atoms with Crippen molar-refractivity contribution in [3.05, 3.63) is 89.1 Å². The van der Waals surface area contributed by atoms with Crippen LogP contribution in [-0.4, -0.2) is 33.1 Å². The number of hydrogen-bond acceptors (Lipinski definition) is 4. The summed E-state index contributed by atoms with van der Waals surface area (Å²) in [6, 6.07) is 13.4. The van der Waals surface area contributed by atoms with Crippen LogP contribution in [-0.2, 0) is 9.53 Å². The first-order valence-corrected chi connectivity index (χ1v) is 9.70. The fourth-order valence-electron chi connectivity index (χ4n) is 3.45. The van der Waals surface area contributed by atoms with Crippen molar-refractivity contribution in [1.29, 1.82) is 0 Å². The molecule has 2 heterocycles. The van der Waals surface area contributed by atoms with E-state index in [0.717, 1.165) is 22.2 Å². The maximum absolute atomic E-state index is 13.2. The average Bonchev–Trinajstić information content (AvgIpc) is 3.32. The molecule has 2 aromatic carbocycles. The number of para-hydroxylation sites is 1. The third kappa shape index (κ3) is 4.16. The second-order valence-electron chi connectivity index (χ2n) is 7.08. The van der Waals surface area contributed by atoms with E-state index in [2.05, 4.69) is 10.1 Å². The highest BCUT2D eigenvalue weighted by Crippen LogP contribution is 2.20. The van der Waals surface area contributed by atoms with Crippen LogP contribution in [0.15, 0.2) is 60.8 Å². The molecule has 0 atom stereocenters. The molecule has 0 aliphatic heterocycles. The van der Waals surface area contributed by atoms with E-state index in [1.54, 1.807) is 29.1 Å². The minimum absolute atomic E-state index is 0.282. The molecule has 4 rings (SSSR count). The van der Waals surface area contributed by atoms with Gasteiger partial charge in [-0.25, -0.2) is 13.9 Å². The summed E-state index contributed by atoms with van der Waals surface area (Å²) in [6.07, 6.45) is 4.50. The Morgan fingerprint density at radius 1 is 1.13 bits per heavy atom. The van der Waals surface area contributed by atoms with E-state index in [0.29, 0.717) is 16.9 Å². The number of carbonyl (C=O) groups is 2. The lowest BCUT2D eigenvalue weighted by atomic mass is 10.1. The molecule has 0 spiro atoms. The van der Waals surface area contributed by atoms with Gasteiger partial charge in [0.25, 0.3) is 0 Å². The van der Waals surface area contributed by atoms with Crippen LogP contribution in [0.2, 0.25) is 0 Å². The minimum atomic E-state index is -0.624. The van der Waals surface area contributed by atoms with Gasteiger partial charge in [0.05, 0.1) is 11.4 Å². The Labute approximate surface area is 178 Å². The molecule has 0 radical (unpaired) electrons. The molecule has 0 bridgehead atoms. The summed E-state index contributed by atoms with van der Waals surface area (Å²) in [5.74, 6) is -1.23. The summed E-state index contributed by atoms with van der Waals surface area (Å²) >= 11 is 0. The number of aryl methyl sites for hydroxylation is 1. The zero-order valence-electron chi connectivity index (χ0n) is 17.1. The fourth-order valence-corrected chi connectivity index (χ4v) is 3.45. The second-order valence-corrected chi connectivity index (χ2v) is 7.08. The number of aromatic amines is 1. The topological polar surface area (TPSA) is 77.0 Å². The van der Waals surface area contributed by atoms with Gasteiger partial charge in [-0.15, -0.1) is 0 Å². The predicted molar refractivity (Wildman–Crippen MR) is 116 cm³/mol. The van der Waals surface area contributed by atoms with Crippen LogP contribution in [0.5, 0.6) is 0 Å². The first kappa shape index (κ1) is 20.3.